The Balaban J connectivity index is 1.89. The van der Waals surface area contributed by atoms with Crippen LogP contribution in [0.3, 0.4) is 0 Å². The fraction of sp³-hybridized carbons (Fsp3) is 0.385. The zero-order valence-electron chi connectivity index (χ0n) is 11.2. The average Bonchev–Trinajstić information content (AvgIpc) is 2.80. The summed E-state index contributed by atoms with van der Waals surface area (Å²) in [5, 5.41) is 8.01. The van der Waals surface area contributed by atoms with Crippen molar-refractivity contribution < 1.29 is 0 Å². The van der Waals surface area contributed by atoms with Crippen molar-refractivity contribution >= 4 is 11.8 Å². The van der Waals surface area contributed by atoms with Gasteiger partial charge < -0.3 is 0 Å². The van der Waals surface area contributed by atoms with Crippen molar-refractivity contribution in [1.82, 2.24) is 20.4 Å². The number of nitrogens with two attached hydrogens (primary N) is 1. The van der Waals surface area contributed by atoms with Crippen LogP contribution in [0.5, 0.6) is 0 Å². The van der Waals surface area contributed by atoms with Gasteiger partial charge >= 0.3 is 0 Å². The molecule has 0 fully saturated rings. The van der Waals surface area contributed by atoms with Gasteiger partial charge in [-0.15, -0.1) is 16.9 Å². The van der Waals surface area contributed by atoms with E-state index in [4.69, 9.17) is 5.84 Å². The van der Waals surface area contributed by atoms with E-state index >= 15 is 0 Å². The molecule has 1 atom stereocenters. The minimum atomic E-state index is 0.183. The average molecular weight is 277 g/mol. The van der Waals surface area contributed by atoms with E-state index in [2.05, 4.69) is 46.9 Å². The van der Waals surface area contributed by atoms with Crippen LogP contribution in [0, 0.1) is 6.92 Å². The first kappa shape index (κ1) is 14.0. The zero-order chi connectivity index (χ0) is 13.7. The fourth-order valence-electron chi connectivity index (χ4n) is 1.81. The van der Waals surface area contributed by atoms with E-state index in [1.807, 2.05) is 13.2 Å². The Morgan fingerprint density at radius 1 is 1.47 bits per heavy atom. The lowest BCUT2D eigenvalue weighted by atomic mass is 10.2. The number of aryl methyl sites for hydroxylation is 2. The Morgan fingerprint density at radius 2 is 2.32 bits per heavy atom. The molecule has 0 bridgehead atoms. The van der Waals surface area contributed by atoms with Gasteiger partial charge in [0.2, 0.25) is 0 Å². The fourth-order valence-corrected chi connectivity index (χ4v) is 2.86. The molecule has 0 aliphatic heterocycles. The second-order valence-electron chi connectivity index (χ2n) is 4.58. The maximum atomic E-state index is 5.60. The lowest BCUT2D eigenvalue weighted by molar-refractivity contribution is 0.568. The Kier molecular flexibility index (Phi) is 4.95. The summed E-state index contributed by atoms with van der Waals surface area (Å²) in [6.45, 7) is 2.10. The van der Waals surface area contributed by atoms with Gasteiger partial charge in [-0.3, -0.25) is 16.0 Å². The van der Waals surface area contributed by atoms with Crippen LogP contribution in [0.15, 0.2) is 35.4 Å². The van der Waals surface area contributed by atoms with Crippen LogP contribution in [0.25, 0.3) is 0 Å². The topological polar surface area (TPSA) is 68.8 Å². The summed E-state index contributed by atoms with van der Waals surface area (Å²) in [5.41, 5.74) is 5.08. The van der Waals surface area contributed by atoms with Crippen molar-refractivity contribution in [2.75, 3.05) is 5.75 Å². The summed E-state index contributed by atoms with van der Waals surface area (Å²) in [6, 6.07) is 8.66. The highest BCUT2D eigenvalue weighted by molar-refractivity contribution is 7.99. The number of hydrogen-bond acceptors (Lipinski definition) is 5. The smallest absolute Gasteiger partial charge is 0.0843 e. The second-order valence-corrected chi connectivity index (χ2v) is 5.67. The Bertz CT molecular complexity index is 525. The molecule has 0 spiro atoms. The van der Waals surface area contributed by atoms with Gasteiger partial charge in [-0.05, 0) is 19.1 Å². The van der Waals surface area contributed by atoms with Crippen LogP contribution in [0.1, 0.15) is 11.3 Å². The summed E-state index contributed by atoms with van der Waals surface area (Å²) < 4.78 is 1.70. The SMILES string of the molecule is Cc1cccc(SCC(Cc2cn(C)nn2)NN)c1. The largest absolute Gasteiger partial charge is 0.271 e. The zero-order valence-corrected chi connectivity index (χ0v) is 12.0. The van der Waals surface area contributed by atoms with Crippen LogP contribution in [-0.4, -0.2) is 26.8 Å². The van der Waals surface area contributed by atoms with Crippen molar-refractivity contribution in [1.29, 1.82) is 0 Å². The lowest BCUT2D eigenvalue weighted by Gasteiger charge is -2.14. The molecule has 102 valence electrons. The molecule has 3 N–H and O–H groups in total. The van der Waals surface area contributed by atoms with Gasteiger partial charge in [-0.25, -0.2) is 0 Å². The van der Waals surface area contributed by atoms with Gasteiger partial charge in [0.25, 0.3) is 0 Å². The van der Waals surface area contributed by atoms with Crippen molar-refractivity contribution in [3.05, 3.63) is 41.7 Å². The van der Waals surface area contributed by atoms with E-state index in [1.165, 1.54) is 10.5 Å². The quantitative estimate of drug-likeness (QED) is 0.473. The molecule has 1 aromatic heterocycles. The van der Waals surface area contributed by atoms with Crippen LogP contribution in [-0.2, 0) is 13.5 Å². The Labute approximate surface area is 117 Å². The molecule has 6 heteroatoms. The van der Waals surface area contributed by atoms with E-state index < -0.39 is 0 Å². The first-order valence-corrected chi connectivity index (χ1v) is 7.16. The molecule has 1 aromatic carbocycles. The van der Waals surface area contributed by atoms with E-state index in [9.17, 15) is 0 Å². The molecule has 0 saturated carbocycles. The molecule has 0 saturated heterocycles. The molecule has 5 nitrogen and oxygen atoms in total. The normalized spacial score (nSPS) is 12.6. The highest BCUT2D eigenvalue weighted by Gasteiger charge is 2.11. The first-order valence-electron chi connectivity index (χ1n) is 6.18. The minimum Gasteiger partial charge on any atom is -0.271 e. The molecule has 2 aromatic rings. The maximum absolute atomic E-state index is 5.60. The molecular weight excluding hydrogens is 258 g/mol. The van der Waals surface area contributed by atoms with Crippen LogP contribution in [0.2, 0.25) is 0 Å². The van der Waals surface area contributed by atoms with Crippen molar-refractivity contribution in [2.45, 2.75) is 24.3 Å². The third-order valence-electron chi connectivity index (χ3n) is 2.78. The standard InChI is InChI=1S/C13H19N5S/c1-10-4-3-5-13(6-10)19-9-12(15-14)7-11-8-18(2)17-16-11/h3-6,8,12,15H,7,9,14H2,1-2H3. The second kappa shape index (κ2) is 6.70. The number of thioether (sulfide) groups is 1. The van der Waals surface area contributed by atoms with E-state index in [1.54, 1.807) is 16.4 Å². The molecule has 0 amide bonds. The van der Waals surface area contributed by atoms with Gasteiger partial charge in [0, 0.05) is 36.4 Å². The summed E-state index contributed by atoms with van der Waals surface area (Å²) in [5.74, 6) is 6.50. The number of rotatable bonds is 6. The maximum Gasteiger partial charge on any atom is 0.0843 e. The Morgan fingerprint density at radius 3 is 2.95 bits per heavy atom. The molecule has 1 unspecified atom stereocenters. The van der Waals surface area contributed by atoms with Gasteiger partial charge in [0.1, 0.15) is 0 Å². The number of aromatic nitrogens is 3. The monoisotopic (exact) mass is 277 g/mol. The van der Waals surface area contributed by atoms with Crippen molar-refractivity contribution in [2.24, 2.45) is 12.9 Å². The number of nitrogens with one attached hydrogen (secondary N) is 1. The lowest BCUT2D eigenvalue weighted by Crippen LogP contribution is -2.38. The van der Waals surface area contributed by atoms with Gasteiger partial charge in [-0.1, -0.05) is 22.9 Å². The molecule has 1 heterocycles. The Hall–Kier alpha value is -1.37. The van der Waals surface area contributed by atoms with Crippen molar-refractivity contribution in [3.63, 3.8) is 0 Å². The van der Waals surface area contributed by atoms with Crippen molar-refractivity contribution in [3.8, 4) is 0 Å². The van der Waals surface area contributed by atoms with E-state index in [0.717, 1.165) is 17.9 Å². The molecule has 0 aliphatic rings. The molecule has 0 radical (unpaired) electrons. The predicted molar refractivity (Wildman–Crippen MR) is 77.7 cm³/mol. The summed E-state index contributed by atoms with van der Waals surface area (Å²) in [7, 11) is 1.86. The minimum absolute atomic E-state index is 0.183. The highest BCUT2D eigenvalue weighted by Crippen LogP contribution is 2.20. The van der Waals surface area contributed by atoms with E-state index in [0.29, 0.717) is 0 Å². The van der Waals surface area contributed by atoms with Crippen LogP contribution < -0.4 is 11.3 Å². The molecule has 19 heavy (non-hydrogen) atoms. The predicted octanol–water partition coefficient (Wildman–Crippen LogP) is 1.29. The third kappa shape index (κ3) is 4.34. The van der Waals surface area contributed by atoms with Gasteiger partial charge in [-0.2, -0.15) is 0 Å². The summed E-state index contributed by atoms with van der Waals surface area (Å²) in [6.07, 6.45) is 2.70. The molecule has 2 rings (SSSR count). The van der Waals surface area contributed by atoms with E-state index in [-0.39, 0.29) is 6.04 Å². The van der Waals surface area contributed by atoms with Crippen LogP contribution in [0.4, 0.5) is 0 Å². The summed E-state index contributed by atoms with van der Waals surface area (Å²) >= 11 is 1.80. The van der Waals surface area contributed by atoms with Crippen LogP contribution >= 0.6 is 11.8 Å². The number of hydrazine groups is 1. The van der Waals surface area contributed by atoms with Gasteiger partial charge in [0.05, 0.1) is 5.69 Å². The highest BCUT2D eigenvalue weighted by atomic mass is 32.2. The number of nitrogens with zero attached hydrogens (tertiary/aromatic N) is 3. The molecular formula is C13H19N5S. The first-order chi connectivity index (χ1) is 9.17. The molecule has 0 aliphatic carbocycles. The third-order valence-corrected chi connectivity index (χ3v) is 3.94. The number of benzene rings is 1. The summed E-state index contributed by atoms with van der Waals surface area (Å²) in [4.78, 5) is 1.26. The van der Waals surface area contributed by atoms with Gasteiger partial charge in [0.15, 0.2) is 0 Å². The number of hydrogen-bond donors (Lipinski definition) is 2.